The van der Waals surface area contributed by atoms with Gasteiger partial charge in [0.05, 0.1) is 11.6 Å². The van der Waals surface area contributed by atoms with E-state index in [4.69, 9.17) is 5.73 Å². The van der Waals surface area contributed by atoms with Crippen LogP contribution in [0.15, 0.2) is 16.6 Å². The quantitative estimate of drug-likeness (QED) is 0.640. The average molecular weight is 252 g/mol. The molecule has 1 fully saturated rings. The second-order valence-corrected chi connectivity index (χ2v) is 5.93. The van der Waals surface area contributed by atoms with E-state index >= 15 is 0 Å². The summed E-state index contributed by atoms with van der Waals surface area (Å²) in [5, 5.41) is 6.27. The van der Waals surface area contributed by atoms with Gasteiger partial charge in [0.1, 0.15) is 5.01 Å². The molecule has 17 heavy (non-hydrogen) atoms. The molecule has 0 bridgehead atoms. The third-order valence-corrected chi connectivity index (χ3v) is 4.15. The van der Waals surface area contributed by atoms with Crippen LogP contribution in [0.3, 0.4) is 0 Å². The highest BCUT2D eigenvalue weighted by Crippen LogP contribution is 2.23. The number of thiazole rings is 1. The maximum atomic E-state index is 5.96. The van der Waals surface area contributed by atoms with Crippen LogP contribution in [0.25, 0.3) is 0 Å². The summed E-state index contributed by atoms with van der Waals surface area (Å²) in [6, 6.07) is 0.412. The largest absolute Gasteiger partial charge is 0.370 e. The topological polar surface area (TPSA) is 63.3 Å². The molecule has 2 rings (SSSR count). The van der Waals surface area contributed by atoms with Gasteiger partial charge in [0.25, 0.3) is 0 Å². The van der Waals surface area contributed by atoms with Gasteiger partial charge in [0.15, 0.2) is 5.96 Å². The molecule has 0 aromatic carbocycles. The Bertz CT molecular complexity index is 377. The van der Waals surface area contributed by atoms with E-state index < -0.39 is 0 Å². The maximum Gasteiger partial charge on any atom is 0.189 e. The van der Waals surface area contributed by atoms with Crippen LogP contribution in [0.4, 0.5) is 0 Å². The fourth-order valence-corrected chi connectivity index (χ4v) is 2.89. The summed E-state index contributed by atoms with van der Waals surface area (Å²) < 4.78 is 0. The Kier molecular flexibility index (Phi) is 3.66. The van der Waals surface area contributed by atoms with E-state index in [-0.39, 0.29) is 5.54 Å². The van der Waals surface area contributed by atoms with E-state index in [9.17, 15) is 0 Å². The standard InChI is InChI=1S/C12H20N4S/c1-12(2,10-14-7-8-17-10)16-11(13)15-9-5-3-4-6-9/h7-9H,3-6H2,1-2H3,(H3,13,15,16). The van der Waals surface area contributed by atoms with Crippen molar-refractivity contribution in [1.29, 1.82) is 0 Å². The number of nitrogens with two attached hydrogens (primary N) is 1. The third-order valence-electron chi connectivity index (χ3n) is 3.05. The van der Waals surface area contributed by atoms with Gasteiger partial charge < -0.3 is 11.1 Å². The van der Waals surface area contributed by atoms with Gasteiger partial charge in [-0.3, -0.25) is 4.99 Å². The van der Waals surface area contributed by atoms with E-state index in [0.717, 1.165) is 5.01 Å². The molecule has 3 N–H and O–H groups in total. The molecule has 4 nitrogen and oxygen atoms in total. The van der Waals surface area contributed by atoms with Crippen LogP contribution in [0.2, 0.25) is 0 Å². The lowest BCUT2D eigenvalue weighted by Crippen LogP contribution is -2.45. The van der Waals surface area contributed by atoms with Gasteiger partial charge in [-0.25, -0.2) is 4.98 Å². The molecule has 94 valence electrons. The number of nitrogens with one attached hydrogen (secondary N) is 1. The minimum Gasteiger partial charge on any atom is -0.370 e. The van der Waals surface area contributed by atoms with Crippen molar-refractivity contribution in [2.75, 3.05) is 0 Å². The zero-order valence-electron chi connectivity index (χ0n) is 10.4. The smallest absolute Gasteiger partial charge is 0.189 e. The predicted molar refractivity (Wildman–Crippen MR) is 72.2 cm³/mol. The zero-order valence-corrected chi connectivity index (χ0v) is 11.3. The predicted octanol–water partition coefficient (Wildman–Crippen LogP) is 2.23. The minimum atomic E-state index is -0.250. The van der Waals surface area contributed by atoms with Gasteiger partial charge >= 0.3 is 0 Å². The molecule has 1 saturated carbocycles. The van der Waals surface area contributed by atoms with Crippen molar-refractivity contribution in [3.8, 4) is 0 Å². The second kappa shape index (κ2) is 5.04. The Morgan fingerprint density at radius 2 is 2.24 bits per heavy atom. The van der Waals surface area contributed by atoms with Crippen molar-refractivity contribution in [3.05, 3.63) is 16.6 Å². The van der Waals surface area contributed by atoms with Crippen LogP contribution in [0, 0.1) is 0 Å². The van der Waals surface area contributed by atoms with E-state index in [2.05, 4.69) is 29.1 Å². The first-order valence-corrected chi connectivity index (χ1v) is 6.97. The van der Waals surface area contributed by atoms with Crippen molar-refractivity contribution in [1.82, 2.24) is 10.3 Å². The first-order chi connectivity index (χ1) is 8.08. The monoisotopic (exact) mass is 252 g/mol. The van der Waals surface area contributed by atoms with Gasteiger partial charge in [-0.15, -0.1) is 11.3 Å². The molecular formula is C12H20N4S. The molecule has 1 aromatic heterocycles. The molecule has 0 unspecified atom stereocenters. The Morgan fingerprint density at radius 3 is 2.82 bits per heavy atom. The highest BCUT2D eigenvalue weighted by molar-refractivity contribution is 7.09. The van der Waals surface area contributed by atoms with Gasteiger partial charge in [0, 0.05) is 11.6 Å². The van der Waals surface area contributed by atoms with Crippen LogP contribution < -0.4 is 11.1 Å². The number of hydrogen-bond acceptors (Lipinski definition) is 3. The molecular weight excluding hydrogens is 232 g/mol. The molecule has 0 radical (unpaired) electrons. The van der Waals surface area contributed by atoms with E-state index in [0.29, 0.717) is 12.0 Å². The van der Waals surface area contributed by atoms with E-state index in [1.807, 2.05) is 11.6 Å². The molecule has 1 aliphatic rings. The van der Waals surface area contributed by atoms with E-state index in [1.165, 1.54) is 25.7 Å². The van der Waals surface area contributed by atoms with E-state index in [1.54, 1.807) is 11.3 Å². The Morgan fingerprint density at radius 1 is 1.53 bits per heavy atom. The fourth-order valence-electron chi connectivity index (χ4n) is 2.17. The molecule has 0 amide bonds. The van der Waals surface area contributed by atoms with Crippen LogP contribution in [0.5, 0.6) is 0 Å². The summed E-state index contributed by atoms with van der Waals surface area (Å²) in [7, 11) is 0. The van der Waals surface area contributed by atoms with Gasteiger partial charge in [-0.05, 0) is 26.7 Å². The molecule has 5 heteroatoms. The first kappa shape index (κ1) is 12.4. The summed E-state index contributed by atoms with van der Waals surface area (Å²) in [4.78, 5) is 8.85. The highest BCUT2D eigenvalue weighted by Gasteiger charge is 2.24. The van der Waals surface area contributed by atoms with Crippen molar-refractivity contribution >= 4 is 17.3 Å². The normalized spacial score (nSPS) is 18.6. The van der Waals surface area contributed by atoms with Crippen molar-refractivity contribution in [2.24, 2.45) is 10.7 Å². The second-order valence-electron chi connectivity index (χ2n) is 5.04. The van der Waals surface area contributed by atoms with Crippen LogP contribution in [-0.4, -0.2) is 17.0 Å². The Labute approximate surface area is 106 Å². The lowest BCUT2D eigenvalue weighted by atomic mass is 10.1. The Hall–Kier alpha value is -1.10. The van der Waals surface area contributed by atoms with Crippen molar-refractivity contribution in [3.63, 3.8) is 0 Å². The number of hydrogen-bond donors (Lipinski definition) is 2. The number of guanidine groups is 1. The summed E-state index contributed by atoms with van der Waals surface area (Å²) in [6.45, 7) is 4.14. The SMILES string of the molecule is CC(C)(NC(N)=NC1CCCC1)c1nccs1. The molecule has 0 atom stereocenters. The molecule has 1 aliphatic carbocycles. The van der Waals surface area contributed by atoms with Gasteiger partial charge in [0.2, 0.25) is 0 Å². The summed E-state index contributed by atoms with van der Waals surface area (Å²) >= 11 is 1.63. The third kappa shape index (κ3) is 3.19. The van der Waals surface area contributed by atoms with Crippen LogP contribution in [-0.2, 0) is 5.54 Å². The lowest BCUT2D eigenvalue weighted by Gasteiger charge is -2.24. The lowest BCUT2D eigenvalue weighted by molar-refractivity contribution is 0.478. The van der Waals surface area contributed by atoms with Gasteiger partial charge in [-0.1, -0.05) is 12.8 Å². The zero-order chi connectivity index (χ0) is 12.3. The molecule has 1 heterocycles. The fraction of sp³-hybridized carbons (Fsp3) is 0.667. The maximum absolute atomic E-state index is 5.96. The van der Waals surface area contributed by atoms with Crippen molar-refractivity contribution in [2.45, 2.75) is 51.1 Å². The molecule has 1 aromatic rings. The Balaban J connectivity index is 1.99. The van der Waals surface area contributed by atoms with Crippen molar-refractivity contribution < 1.29 is 0 Å². The molecule has 0 spiro atoms. The highest BCUT2D eigenvalue weighted by atomic mass is 32.1. The molecule has 0 aliphatic heterocycles. The first-order valence-electron chi connectivity index (χ1n) is 6.09. The average Bonchev–Trinajstić information content (AvgIpc) is 2.87. The number of rotatable bonds is 3. The van der Waals surface area contributed by atoms with Gasteiger partial charge in [-0.2, -0.15) is 0 Å². The summed E-state index contributed by atoms with van der Waals surface area (Å²) in [5.41, 5.74) is 5.71. The van der Waals surface area contributed by atoms with Crippen LogP contribution >= 0.6 is 11.3 Å². The number of nitrogens with zero attached hydrogens (tertiary/aromatic N) is 2. The number of aliphatic imine (C=N–C) groups is 1. The summed E-state index contributed by atoms with van der Waals surface area (Å²) in [5.74, 6) is 0.539. The summed E-state index contributed by atoms with van der Waals surface area (Å²) in [6.07, 6.45) is 6.70. The number of aromatic nitrogens is 1. The molecule has 0 saturated heterocycles. The van der Waals surface area contributed by atoms with Crippen LogP contribution in [0.1, 0.15) is 44.5 Å². The minimum absolute atomic E-state index is 0.250.